The van der Waals surface area contributed by atoms with E-state index in [4.69, 9.17) is 16.7 Å². The van der Waals surface area contributed by atoms with E-state index in [1.54, 1.807) is 6.07 Å². The summed E-state index contributed by atoms with van der Waals surface area (Å²) in [6.07, 6.45) is 0. The Labute approximate surface area is 89.8 Å². The minimum Gasteiger partial charge on any atom is -0.479 e. The number of hydrogen-bond donors (Lipinski definition) is 2. The lowest BCUT2D eigenvalue weighted by Gasteiger charge is -2.02. The molecular weight excluding hydrogens is 224 g/mol. The number of rotatable bonds is 4. The SMILES string of the molecule is O=C(O)CONC(=O)c1cccc(Cl)n1. The van der Waals surface area contributed by atoms with Gasteiger partial charge in [0, 0.05) is 0 Å². The van der Waals surface area contributed by atoms with Gasteiger partial charge in [0.1, 0.15) is 10.8 Å². The van der Waals surface area contributed by atoms with Gasteiger partial charge in [-0.2, -0.15) is 0 Å². The number of aliphatic carboxylic acids is 1. The molecule has 0 radical (unpaired) electrons. The first kappa shape index (κ1) is 11.4. The zero-order chi connectivity index (χ0) is 11.3. The Kier molecular flexibility index (Phi) is 4.02. The standard InChI is InChI=1S/C8H7ClN2O4/c9-6-3-1-2-5(10-6)8(14)11-15-4-7(12)13/h1-3H,4H2,(H,11,14)(H,12,13). The molecule has 15 heavy (non-hydrogen) atoms. The normalized spacial score (nSPS) is 9.67. The first-order chi connectivity index (χ1) is 7.09. The van der Waals surface area contributed by atoms with Crippen molar-refractivity contribution in [1.29, 1.82) is 0 Å². The number of hydroxylamine groups is 1. The summed E-state index contributed by atoms with van der Waals surface area (Å²) in [4.78, 5) is 29.4. The van der Waals surface area contributed by atoms with E-state index in [1.165, 1.54) is 12.1 Å². The number of carbonyl (C=O) groups excluding carboxylic acids is 1. The lowest BCUT2D eigenvalue weighted by molar-refractivity contribution is -0.144. The van der Waals surface area contributed by atoms with Crippen molar-refractivity contribution in [2.24, 2.45) is 0 Å². The van der Waals surface area contributed by atoms with Crippen molar-refractivity contribution >= 4 is 23.5 Å². The Hall–Kier alpha value is -1.66. The number of carbonyl (C=O) groups is 2. The molecule has 0 aromatic carbocycles. The van der Waals surface area contributed by atoms with Crippen LogP contribution in [0.25, 0.3) is 0 Å². The van der Waals surface area contributed by atoms with Crippen LogP contribution < -0.4 is 5.48 Å². The first-order valence-corrected chi connectivity index (χ1v) is 4.24. The van der Waals surface area contributed by atoms with E-state index >= 15 is 0 Å². The Bertz CT molecular complexity index is 383. The molecule has 1 aromatic heterocycles. The van der Waals surface area contributed by atoms with Crippen molar-refractivity contribution in [2.45, 2.75) is 0 Å². The van der Waals surface area contributed by atoms with Crippen molar-refractivity contribution in [3.8, 4) is 0 Å². The van der Waals surface area contributed by atoms with E-state index in [0.29, 0.717) is 0 Å². The molecule has 0 unspecified atom stereocenters. The molecule has 80 valence electrons. The topological polar surface area (TPSA) is 88.5 Å². The predicted molar refractivity (Wildman–Crippen MR) is 50.3 cm³/mol. The number of halogens is 1. The molecule has 0 saturated heterocycles. The average Bonchev–Trinajstić information content (AvgIpc) is 2.17. The highest BCUT2D eigenvalue weighted by molar-refractivity contribution is 6.29. The highest BCUT2D eigenvalue weighted by atomic mass is 35.5. The summed E-state index contributed by atoms with van der Waals surface area (Å²) in [5, 5.41) is 8.40. The molecule has 0 aliphatic rings. The van der Waals surface area contributed by atoms with Crippen molar-refractivity contribution in [3.05, 3.63) is 29.0 Å². The molecule has 0 saturated carbocycles. The van der Waals surface area contributed by atoms with Crippen LogP contribution in [0, 0.1) is 0 Å². The van der Waals surface area contributed by atoms with Crippen LogP contribution in [0.2, 0.25) is 5.15 Å². The zero-order valence-corrected chi connectivity index (χ0v) is 8.19. The van der Waals surface area contributed by atoms with Gasteiger partial charge in [-0.3, -0.25) is 9.63 Å². The monoisotopic (exact) mass is 230 g/mol. The highest BCUT2D eigenvalue weighted by Gasteiger charge is 2.07. The molecule has 2 N–H and O–H groups in total. The van der Waals surface area contributed by atoms with E-state index in [1.807, 2.05) is 5.48 Å². The molecule has 0 aliphatic carbocycles. The second-order valence-corrected chi connectivity index (χ2v) is 2.85. The van der Waals surface area contributed by atoms with Crippen molar-refractivity contribution in [3.63, 3.8) is 0 Å². The molecule has 1 rings (SSSR count). The lowest BCUT2D eigenvalue weighted by atomic mass is 10.3. The minimum atomic E-state index is -1.19. The maximum absolute atomic E-state index is 11.2. The van der Waals surface area contributed by atoms with Crippen LogP contribution in [0.1, 0.15) is 10.5 Å². The Morgan fingerprint density at radius 3 is 2.87 bits per heavy atom. The van der Waals surface area contributed by atoms with E-state index in [2.05, 4.69) is 9.82 Å². The van der Waals surface area contributed by atoms with Gasteiger partial charge in [-0.25, -0.2) is 15.3 Å². The summed E-state index contributed by atoms with van der Waals surface area (Å²) in [5.74, 6) is -1.84. The number of hydrogen-bond acceptors (Lipinski definition) is 4. The molecule has 1 aromatic rings. The summed E-state index contributed by atoms with van der Waals surface area (Å²) < 4.78 is 0. The van der Waals surface area contributed by atoms with E-state index in [9.17, 15) is 9.59 Å². The molecule has 0 bridgehead atoms. The van der Waals surface area contributed by atoms with E-state index < -0.39 is 18.5 Å². The molecule has 1 amide bonds. The Morgan fingerprint density at radius 1 is 1.53 bits per heavy atom. The third-order valence-electron chi connectivity index (χ3n) is 1.31. The fraction of sp³-hybridized carbons (Fsp3) is 0.125. The fourth-order valence-corrected chi connectivity index (χ4v) is 0.914. The van der Waals surface area contributed by atoms with Gasteiger partial charge in [0.25, 0.3) is 5.91 Å². The first-order valence-electron chi connectivity index (χ1n) is 3.86. The second kappa shape index (κ2) is 5.28. The van der Waals surface area contributed by atoms with Crippen LogP contribution in [0.15, 0.2) is 18.2 Å². The summed E-state index contributed by atoms with van der Waals surface area (Å²) in [6, 6.07) is 4.48. The molecule has 0 spiro atoms. The molecule has 1 heterocycles. The Balaban J connectivity index is 2.50. The van der Waals surface area contributed by atoms with Crippen LogP contribution in [0.3, 0.4) is 0 Å². The molecule has 0 atom stereocenters. The summed E-state index contributed by atoms with van der Waals surface area (Å²) in [6.45, 7) is -0.619. The van der Waals surface area contributed by atoms with Crippen LogP contribution in [0.5, 0.6) is 0 Å². The lowest BCUT2D eigenvalue weighted by Crippen LogP contribution is -2.27. The van der Waals surface area contributed by atoms with Crippen molar-refractivity contribution < 1.29 is 19.5 Å². The number of pyridine rings is 1. The van der Waals surface area contributed by atoms with Gasteiger partial charge >= 0.3 is 5.97 Å². The highest BCUT2D eigenvalue weighted by Crippen LogP contribution is 2.04. The number of carboxylic acids is 1. The second-order valence-electron chi connectivity index (χ2n) is 2.46. The summed E-state index contributed by atoms with van der Waals surface area (Å²) >= 11 is 5.55. The predicted octanol–water partition coefficient (Wildman–Crippen LogP) is 0.481. The number of nitrogens with zero attached hydrogens (tertiary/aromatic N) is 1. The van der Waals surface area contributed by atoms with Crippen LogP contribution >= 0.6 is 11.6 Å². The third-order valence-corrected chi connectivity index (χ3v) is 1.52. The van der Waals surface area contributed by atoms with Gasteiger partial charge in [0.05, 0.1) is 0 Å². The van der Waals surface area contributed by atoms with E-state index in [0.717, 1.165) is 0 Å². The Morgan fingerprint density at radius 2 is 2.27 bits per heavy atom. The molecule has 6 nitrogen and oxygen atoms in total. The summed E-state index contributed by atoms with van der Waals surface area (Å²) in [5.41, 5.74) is 1.97. The molecule has 0 aliphatic heterocycles. The smallest absolute Gasteiger partial charge is 0.332 e. The maximum Gasteiger partial charge on any atom is 0.332 e. The zero-order valence-electron chi connectivity index (χ0n) is 7.44. The number of nitrogens with one attached hydrogen (secondary N) is 1. The van der Waals surface area contributed by atoms with Crippen LogP contribution in [-0.4, -0.2) is 28.6 Å². The van der Waals surface area contributed by atoms with Gasteiger partial charge in [-0.15, -0.1) is 0 Å². The molecule has 7 heteroatoms. The van der Waals surface area contributed by atoms with Crippen molar-refractivity contribution in [1.82, 2.24) is 10.5 Å². The third kappa shape index (κ3) is 3.92. The number of aromatic nitrogens is 1. The number of amides is 1. The van der Waals surface area contributed by atoms with Crippen molar-refractivity contribution in [2.75, 3.05) is 6.61 Å². The van der Waals surface area contributed by atoms with Gasteiger partial charge < -0.3 is 5.11 Å². The largest absolute Gasteiger partial charge is 0.479 e. The van der Waals surface area contributed by atoms with Gasteiger partial charge in [0.15, 0.2) is 6.61 Å². The number of carboxylic acid groups (broad SMARTS) is 1. The fourth-order valence-electron chi connectivity index (χ4n) is 0.750. The summed E-state index contributed by atoms with van der Waals surface area (Å²) in [7, 11) is 0. The molecular formula is C8H7ClN2O4. The van der Waals surface area contributed by atoms with Crippen LogP contribution in [-0.2, 0) is 9.63 Å². The van der Waals surface area contributed by atoms with E-state index in [-0.39, 0.29) is 10.8 Å². The molecule has 0 fully saturated rings. The maximum atomic E-state index is 11.2. The van der Waals surface area contributed by atoms with Gasteiger partial charge in [-0.05, 0) is 12.1 Å². The van der Waals surface area contributed by atoms with Gasteiger partial charge in [-0.1, -0.05) is 17.7 Å². The minimum absolute atomic E-state index is 0.0490. The quantitative estimate of drug-likeness (QED) is 0.580. The van der Waals surface area contributed by atoms with Crippen LogP contribution in [0.4, 0.5) is 0 Å². The van der Waals surface area contributed by atoms with Gasteiger partial charge in [0.2, 0.25) is 0 Å². The average molecular weight is 231 g/mol.